The molecule has 2 aromatic heterocycles. The van der Waals surface area contributed by atoms with Gasteiger partial charge in [-0.15, -0.1) is 0 Å². The second kappa shape index (κ2) is 5.49. The average molecular weight is 313 g/mol. The summed E-state index contributed by atoms with van der Waals surface area (Å²) >= 11 is 0. The van der Waals surface area contributed by atoms with Crippen LogP contribution < -0.4 is 10.1 Å². The largest absolute Gasteiger partial charge is 0.487 e. The van der Waals surface area contributed by atoms with Crippen LogP contribution in [0.1, 0.15) is 18.4 Å². The average Bonchev–Trinajstić information content (AvgIpc) is 3.30. The number of rotatable bonds is 5. The number of anilines is 1. The number of nitrogens with zero attached hydrogens (tertiary/aromatic N) is 4. The molecular weight excluding hydrogens is 297 g/mol. The number of nitrogens with one attached hydrogen (secondary N) is 1. The van der Waals surface area contributed by atoms with E-state index in [1.807, 2.05) is 7.05 Å². The zero-order chi connectivity index (χ0) is 15.8. The summed E-state index contributed by atoms with van der Waals surface area (Å²) in [7, 11) is 1.82. The molecule has 0 atom stereocenters. The Labute approximate surface area is 132 Å². The number of aromatic nitrogens is 4. The summed E-state index contributed by atoms with van der Waals surface area (Å²) < 4.78 is 21.7. The Bertz CT molecular complexity index is 859. The predicted octanol–water partition coefficient (Wildman–Crippen LogP) is 2.66. The van der Waals surface area contributed by atoms with Crippen LogP contribution in [0.3, 0.4) is 0 Å². The molecule has 7 heteroatoms. The van der Waals surface area contributed by atoms with Gasteiger partial charge in [-0.05, 0) is 18.9 Å². The zero-order valence-electron chi connectivity index (χ0n) is 12.7. The molecule has 6 nitrogen and oxygen atoms in total. The minimum atomic E-state index is -0.316. The van der Waals surface area contributed by atoms with Crippen LogP contribution in [0.25, 0.3) is 11.0 Å². The summed E-state index contributed by atoms with van der Waals surface area (Å²) in [5, 5.41) is 8.12. The van der Waals surface area contributed by atoms with Gasteiger partial charge >= 0.3 is 0 Å². The van der Waals surface area contributed by atoms with E-state index in [1.54, 1.807) is 29.1 Å². The van der Waals surface area contributed by atoms with Crippen molar-refractivity contribution in [2.24, 2.45) is 7.05 Å². The Hall–Kier alpha value is -2.70. The molecular formula is C16H16FN5O. The van der Waals surface area contributed by atoms with E-state index in [4.69, 9.17) is 4.74 Å². The molecule has 0 saturated heterocycles. The van der Waals surface area contributed by atoms with Gasteiger partial charge in [-0.25, -0.2) is 14.4 Å². The van der Waals surface area contributed by atoms with Crippen LogP contribution in [-0.4, -0.2) is 25.9 Å². The third-order valence-corrected chi connectivity index (χ3v) is 3.84. The van der Waals surface area contributed by atoms with Crippen molar-refractivity contribution in [3.63, 3.8) is 0 Å². The molecule has 0 bridgehead atoms. The second-order valence-corrected chi connectivity index (χ2v) is 5.63. The normalized spacial score (nSPS) is 14.2. The molecule has 1 aliphatic carbocycles. The van der Waals surface area contributed by atoms with Gasteiger partial charge < -0.3 is 10.1 Å². The molecule has 1 aromatic carbocycles. The highest BCUT2D eigenvalue weighted by atomic mass is 19.1. The molecule has 0 radical (unpaired) electrons. The van der Waals surface area contributed by atoms with Crippen molar-refractivity contribution in [2.75, 3.05) is 5.32 Å². The number of hydrogen-bond donors (Lipinski definition) is 1. The van der Waals surface area contributed by atoms with Crippen LogP contribution in [0.15, 0.2) is 30.7 Å². The minimum absolute atomic E-state index is 0.171. The van der Waals surface area contributed by atoms with Crippen LogP contribution in [0.5, 0.6) is 5.75 Å². The van der Waals surface area contributed by atoms with Crippen molar-refractivity contribution in [2.45, 2.75) is 25.5 Å². The first-order chi connectivity index (χ1) is 11.2. The Morgan fingerprint density at radius 2 is 2.22 bits per heavy atom. The van der Waals surface area contributed by atoms with Gasteiger partial charge in [-0.2, -0.15) is 5.10 Å². The van der Waals surface area contributed by atoms with Gasteiger partial charge in [0, 0.05) is 19.2 Å². The van der Waals surface area contributed by atoms with Crippen LogP contribution >= 0.6 is 0 Å². The van der Waals surface area contributed by atoms with Crippen molar-refractivity contribution in [3.05, 3.63) is 42.1 Å². The maximum absolute atomic E-state index is 14.5. The maximum Gasteiger partial charge on any atom is 0.170 e. The number of aryl methyl sites for hydroxylation is 1. The Morgan fingerprint density at radius 1 is 1.35 bits per heavy atom. The van der Waals surface area contributed by atoms with Gasteiger partial charge in [-0.3, -0.25) is 4.68 Å². The standard InChI is InChI=1S/C16H16FN5O/c1-22-16-12(8-21-22)15(19-9-20-16)18-7-10-3-2-4-13(14(10)17)23-11-5-6-11/h2-4,8-9,11H,5-7H2,1H3,(H,18,19,20). The van der Waals surface area contributed by atoms with E-state index in [0.717, 1.165) is 23.9 Å². The third-order valence-electron chi connectivity index (χ3n) is 3.84. The van der Waals surface area contributed by atoms with Gasteiger partial charge in [0.05, 0.1) is 17.7 Å². The van der Waals surface area contributed by atoms with E-state index >= 15 is 0 Å². The van der Waals surface area contributed by atoms with Crippen molar-refractivity contribution in [3.8, 4) is 5.75 Å². The molecule has 1 N–H and O–H groups in total. The molecule has 1 saturated carbocycles. The fraction of sp³-hybridized carbons (Fsp3) is 0.312. The highest BCUT2D eigenvalue weighted by Crippen LogP contribution is 2.30. The second-order valence-electron chi connectivity index (χ2n) is 5.63. The number of hydrogen-bond acceptors (Lipinski definition) is 5. The fourth-order valence-corrected chi connectivity index (χ4v) is 2.43. The highest BCUT2D eigenvalue weighted by Gasteiger charge is 2.25. The molecule has 0 unspecified atom stereocenters. The molecule has 1 aliphatic rings. The van der Waals surface area contributed by atoms with Gasteiger partial charge in [0.25, 0.3) is 0 Å². The number of benzene rings is 1. The molecule has 3 aromatic rings. The molecule has 2 heterocycles. The van der Waals surface area contributed by atoms with Gasteiger partial charge in [0.15, 0.2) is 17.2 Å². The molecule has 4 rings (SSSR count). The number of ether oxygens (including phenoxy) is 1. The predicted molar refractivity (Wildman–Crippen MR) is 83.7 cm³/mol. The lowest BCUT2D eigenvalue weighted by molar-refractivity contribution is 0.286. The van der Waals surface area contributed by atoms with Crippen molar-refractivity contribution < 1.29 is 9.13 Å². The lowest BCUT2D eigenvalue weighted by atomic mass is 10.2. The lowest BCUT2D eigenvalue weighted by Crippen LogP contribution is -2.06. The summed E-state index contributed by atoms with van der Waals surface area (Å²) in [6.45, 7) is 0.314. The quantitative estimate of drug-likeness (QED) is 0.784. The Morgan fingerprint density at radius 3 is 3.04 bits per heavy atom. The first-order valence-electron chi connectivity index (χ1n) is 7.53. The van der Waals surface area contributed by atoms with Gasteiger partial charge in [0.2, 0.25) is 0 Å². The third kappa shape index (κ3) is 2.69. The SMILES string of the molecule is Cn1ncc2c(NCc3cccc(OC4CC4)c3F)ncnc21. The summed E-state index contributed by atoms with van der Waals surface area (Å²) in [6, 6.07) is 5.21. The summed E-state index contributed by atoms with van der Waals surface area (Å²) in [5.41, 5.74) is 1.27. The maximum atomic E-state index is 14.5. The van der Waals surface area contributed by atoms with Crippen molar-refractivity contribution in [1.82, 2.24) is 19.7 Å². The van der Waals surface area contributed by atoms with Crippen LogP contribution in [-0.2, 0) is 13.6 Å². The molecule has 0 aliphatic heterocycles. The van der Waals surface area contributed by atoms with Gasteiger partial charge in [-0.1, -0.05) is 12.1 Å². The molecule has 23 heavy (non-hydrogen) atoms. The molecule has 1 fully saturated rings. The van der Waals surface area contributed by atoms with E-state index < -0.39 is 0 Å². The summed E-state index contributed by atoms with van der Waals surface area (Å²) in [6.07, 6.45) is 5.34. The minimum Gasteiger partial charge on any atom is -0.487 e. The molecule has 0 spiro atoms. The molecule has 0 amide bonds. The fourth-order valence-electron chi connectivity index (χ4n) is 2.43. The van der Waals surface area contributed by atoms with Crippen LogP contribution in [0, 0.1) is 5.82 Å². The Balaban J connectivity index is 1.56. The number of halogens is 1. The van der Waals surface area contributed by atoms with E-state index in [2.05, 4.69) is 20.4 Å². The van der Waals surface area contributed by atoms with Crippen LogP contribution in [0.2, 0.25) is 0 Å². The van der Waals surface area contributed by atoms with E-state index in [1.165, 1.54) is 6.33 Å². The topological polar surface area (TPSA) is 64.9 Å². The first-order valence-corrected chi connectivity index (χ1v) is 7.53. The Kier molecular flexibility index (Phi) is 3.33. The van der Waals surface area contributed by atoms with Gasteiger partial charge in [0.1, 0.15) is 12.1 Å². The first kappa shape index (κ1) is 13.9. The molecule has 118 valence electrons. The number of fused-ring (bicyclic) bond motifs is 1. The van der Waals surface area contributed by atoms with E-state index in [-0.39, 0.29) is 11.9 Å². The highest BCUT2D eigenvalue weighted by molar-refractivity contribution is 5.85. The van der Waals surface area contributed by atoms with E-state index in [0.29, 0.717) is 23.7 Å². The van der Waals surface area contributed by atoms with Crippen molar-refractivity contribution >= 4 is 16.9 Å². The monoisotopic (exact) mass is 313 g/mol. The summed E-state index contributed by atoms with van der Waals surface area (Å²) in [5.74, 6) is 0.639. The van der Waals surface area contributed by atoms with Crippen LogP contribution in [0.4, 0.5) is 10.2 Å². The smallest absolute Gasteiger partial charge is 0.170 e. The summed E-state index contributed by atoms with van der Waals surface area (Å²) in [4.78, 5) is 8.40. The van der Waals surface area contributed by atoms with Crippen molar-refractivity contribution in [1.29, 1.82) is 0 Å². The zero-order valence-corrected chi connectivity index (χ0v) is 12.7. The van der Waals surface area contributed by atoms with E-state index in [9.17, 15) is 4.39 Å². The lowest BCUT2D eigenvalue weighted by Gasteiger charge is -2.11.